The van der Waals surface area contributed by atoms with E-state index in [1.165, 1.54) is 23.1 Å². The predicted octanol–water partition coefficient (Wildman–Crippen LogP) is 0.812. The van der Waals surface area contributed by atoms with Crippen molar-refractivity contribution in [1.29, 1.82) is 0 Å². The molecule has 2 rings (SSSR count). The maximum absolute atomic E-state index is 12.0. The van der Waals surface area contributed by atoms with E-state index in [0.717, 1.165) is 37.4 Å². The van der Waals surface area contributed by atoms with Crippen molar-refractivity contribution in [2.75, 3.05) is 39.0 Å². The van der Waals surface area contributed by atoms with Crippen LogP contribution in [0, 0.1) is 12.8 Å². The number of aryl methyl sites for hydroxylation is 1. The lowest BCUT2D eigenvalue weighted by Gasteiger charge is -2.27. The van der Waals surface area contributed by atoms with Crippen LogP contribution in [0.15, 0.2) is 24.3 Å². The second-order valence-corrected chi connectivity index (χ2v) is 7.72. The molecule has 1 aromatic rings. The molecule has 1 aliphatic heterocycles. The predicted molar refractivity (Wildman–Crippen MR) is 101 cm³/mol. The van der Waals surface area contributed by atoms with Crippen LogP contribution in [-0.2, 0) is 20.1 Å². The van der Waals surface area contributed by atoms with Gasteiger partial charge in [-0.3, -0.25) is 9.59 Å². The number of piperidine rings is 1. The average Bonchev–Trinajstić information content (AvgIpc) is 2.63. The number of methoxy groups -OCH3 is 1. The van der Waals surface area contributed by atoms with Crippen LogP contribution in [0.2, 0.25) is 0 Å². The molecule has 0 saturated carbocycles. The van der Waals surface area contributed by atoms with Crippen molar-refractivity contribution < 1.29 is 19.2 Å². The van der Waals surface area contributed by atoms with E-state index in [9.17, 15) is 9.59 Å². The van der Waals surface area contributed by atoms with Gasteiger partial charge in [0.25, 0.3) is 5.91 Å². The summed E-state index contributed by atoms with van der Waals surface area (Å²) in [4.78, 5) is 24.8. The van der Waals surface area contributed by atoms with Gasteiger partial charge in [0.2, 0.25) is 0 Å². The Hall–Kier alpha value is -1.53. The monoisotopic (exact) mass is 365 g/mol. The number of esters is 1. The fourth-order valence-corrected chi connectivity index (χ4v) is 3.85. The van der Waals surface area contributed by atoms with Gasteiger partial charge in [-0.2, -0.15) is 11.8 Å². The normalized spacial score (nSPS) is 20.1. The molecule has 1 saturated heterocycles. The Labute approximate surface area is 154 Å². The van der Waals surface area contributed by atoms with E-state index >= 15 is 0 Å². The smallest absolute Gasteiger partial charge is 0.309 e. The van der Waals surface area contributed by atoms with E-state index in [0.29, 0.717) is 13.1 Å². The molecule has 25 heavy (non-hydrogen) atoms. The first-order valence-corrected chi connectivity index (χ1v) is 10.1. The number of hydrogen-bond acceptors (Lipinski definition) is 4. The van der Waals surface area contributed by atoms with Gasteiger partial charge in [0.15, 0.2) is 6.54 Å². The lowest BCUT2D eigenvalue weighted by molar-refractivity contribution is -0.897. The molecule has 0 bridgehead atoms. The molecule has 1 aliphatic rings. The number of thioether (sulfide) groups is 1. The lowest BCUT2D eigenvalue weighted by atomic mass is 9.97. The SMILES string of the molecule is COC(=O)C1CC[NH+](CC(=O)NCCSCc2ccc(C)cc2)CC1. The Morgan fingerprint density at radius 3 is 2.56 bits per heavy atom. The number of carbonyl (C=O) groups is 2. The number of rotatable bonds is 8. The fraction of sp³-hybridized carbons (Fsp3) is 0.579. The molecule has 0 radical (unpaired) electrons. The van der Waals surface area contributed by atoms with Crippen molar-refractivity contribution in [2.45, 2.75) is 25.5 Å². The molecule has 1 amide bonds. The quantitative estimate of drug-likeness (QED) is 0.529. The first kappa shape index (κ1) is 19.8. The molecule has 1 heterocycles. The molecule has 0 unspecified atom stereocenters. The number of benzene rings is 1. The Balaban J connectivity index is 1.54. The van der Waals surface area contributed by atoms with Gasteiger partial charge in [0.05, 0.1) is 26.1 Å². The number of quaternary nitrogens is 1. The van der Waals surface area contributed by atoms with Gasteiger partial charge in [-0.05, 0) is 12.5 Å². The maximum Gasteiger partial charge on any atom is 0.309 e. The molecule has 2 N–H and O–H groups in total. The number of amides is 1. The highest BCUT2D eigenvalue weighted by Crippen LogP contribution is 2.12. The highest BCUT2D eigenvalue weighted by molar-refractivity contribution is 7.98. The van der Waals surface area contributed by atoms with E-state index in [-0.39, 0.29) is 17.8 Å². The van der Waals surface area contributed by atoms with Gasteiger partial charge >= 0.3 is 5.97 Å². The third-order valence-electron chi connectivity index (χ3n) is 4.60. The van der Waals surface area contributed by atoms with Crippen LogP contribution in [0.4, 0.5) is 0 Å². The van der Waals surface area contributed by atoms with E-state index < -0.39 is 0 Å². The van der Waals surface area contributed by atoms with E-state index in [2.05, 4.69) is 36.5 Å². The summed E-state index contributed by atoms with van der Waals surface area (Å²) in [7, 11) is 1.44. The first-order chi connectivity index (χ1) is 12.1. The molecule has 0 atom stereocenters. The summed E-state index contributed by atoms with van der Waals surface area (Å²) in [5, 5.41) is 3.00. The molecular formula is C19H29N2O3S+. The first-order valence-electron chi connectivity index (χ1n) is 8.90. The van der Waals surface area contributed by atoms with Gasteiger partial charge in [-0.25, -0.2) is 0 Å². The molecule has 6 heteroatoms. The van der Waals surface area contributed by atoms with Crippen LogP contribution in [0.25, 0.3) is 0 Å². The van der Waals surface area contributed by atoms with Gasteiger partial charge in [0, 0.05) is 30.9 Å². The second-order valence-electron chi connectivity index (χ2n) is 6.61. The second kappa shape index (κ2) is 10.5. The number of likely N-dealkylation sites (tertiary alicyclic amines) is 1. The summed E-state index contributed by atoms with van der Waals surface area (Å²) in [6.07, 6.45) is 1.61. The number of hydrogen-bond donors (Lipinski definition) is 2. The van der Waals surface area contributed by atoms with E-state index in [4.69, 9.17) is 4.74 Å². The molecule has 0 spiro atoms. The molecule has 0 aromatic heterocycles. The Morgan fingerprint density at radius 2 is 1.92 bits per heavy atom. The Kier molecular flexibility index (Phi) is 8.28. The summed E-state index contributed by atoms with van der Waals surface area (Å²) in [5.74, 6) is 1.88. The molecule has 1 fully saturated rings. The number of carbonyl (C=O) groups excluding carboxylic acids is 2. The van der Waals surface area contributed by atoms with Crippen LogP contribution in [0.5, 0.6) is 0 Å². The zero-order chi connectivity index (χ0) is 18.1. The zero-order valence-electron chi connectivity index (χ0n) is 15.2. The van der Waals surface area contributed by atoms with Crippen LogP contribution < -0.4 is 10.2 Å². The van der Waals surface area contributed by atoms with Crippen LogP contribution in [0.3, 0.4) is 0 Å². The third-order valence-corrected chi connectivity index (χ3v) is 5.63. The third kappa shape index (κ3) is 7.08. The van der Waals surface area contributed by atoms with Gasteiger partial charge < -0.3 is 15.0 Å². The van der Waals surface area contributed by atoms with Gasteiger partial charge in [-0.15, -0.1) is 0 Å². The molecular weight excluding hydrogens is 336 g/mol. The molecule has 5 nitrogen and oxygen atoms in total. The topological polar surface area (TPSA) is 59.8 Å². The van der Waals surface area contributed by atoms with Gasteiger partial charge in [0.1, 0.15) is 0 Å². The summed E-state index contributed by atoms with van der Waals surface area (Å²) < 4.78 is 4.79. The fourth-order valence-electron chi connectivity index (χ4n) is 3.03. The molecule has 138 valence electrons. The minimum Gasteiger partial charge on any atom is -0.469 e. The van der Waals surface area contributed by atoms with Crippen molar-refractivity contribution in [3.8, 4) is 0 Å². The Bertz CT molecular complexity index is 554. The van der Waals surface area contributed by atoms with Gasteiger partial charge in [-0.1, -0.05) is 29.8 Å². The van der Waals surface area contributed by atoms with Crippen LogP contribution in [0.1, 0.15) is 24.0 Å². The van der Waals surface area contributed by atoms with Crippen molar-refractivity contribution >= 4 is 23.6 Å². The minimum atomic E-state index is -0.117. The highest BCUT2D eigenvalue weighted by Gasteiger charge is 2.28. The van der Waals surface area contributed by atoms with E-state index in [1.807, 2.05) is 11.8 Å². The summed E-state index contributed by atoms with van der Waals surface area (Å²) >= 11 is 1.83. The van der Waals surface area contributed by atoms with Crippen molar-refractivity contribution in [2.24, 2.45) is 5.92 Å². The van der Waals surface area contributed by atoms with Crippen LogP contribution in [-0.4, -0.2) is 50.9 Å². The van der Waals surface area contributed by atoms with Crippen molar-refractivity contribution in [1.82, 2.24) is 5.32 Å². The Morgan fingerprint density at radius 1 is 1.24 bits per heavy atom. The van der Waals surface area contributed by atoms with Crippen molar-refractivity contribution in [3.63, 3.8) is 0 Å². The minimum absolute atomic E-state index is 0.00925. The zero-order valence-corrected chi connectivity index (χ0v) is 16.0. The largest absolute Gasteiger partial charge is 0.469 e. The number of nitrogens with one attached hydrogen (secondary N) is 2. The van der Waals surface area contributed by atoms with Crippen LogP contribution >= 0.6 is 11.8 Å². The standard InChI is InChI=1S/C19H28N2O3S/c1-15-3-5-16(6-4-15)14-25-12-9-20-18(22)13-21-10-7-17(8-11-21)19(23)24-2/h3-6,17H,7-14H2,1-2H3,(H,20,22)/p+1. The van der Waals surface area contributed by atoms with Crippen molar-refractivity contribution in [3.05, 3.63) is 35.4 Å². The maximum atomic E-state index is 12.0. The average molecular weight is 366 g/mol. The summed E-state index contributed by atoms with van der Waals surface area (Å²) in [5.41, 5.74) is 2.60. The highest BCUT2D eigenvalue weighted by atomic mass is 32.2. The molecule has 0 aliphatic carbocycles. The summed E-state index contributed by atoms with van der Waals surface area (Å²) in [6.45, 7) is 5.00. The van der Waals surface area contributed by atoms with E-state index in [1.54, 1.807) is 0 Å². The summed E-state index contributed by atoms with van der Waals surface area (Å²) in [6, 6.07) is 8.57. The lowest BCUT2D eigenvalue weighted by Crippen LogP contribution is -3.14. The number of ether oxygens (including phenoxy) is 1. The molecule has 1 aromatic carbocycles.